The Morgan fingerprint density at radius 1 is 1.08 bits per heavy atom. The quantitative estimate of drug-likeness (QED) is 0.435. The monoisotopic (exact) mass is 520 g/mol. The summed E-state index contributed by atoms with van der Waals surface area (Å²) in [6, 6.07) is 6.95. The van der Waals surface area contributed by atoms with Gasteiger partial charge in [-0.1, -0.05) is 25.3 Å². The van der Waals surface area contributed by atoms with Crippen LogP contribution in [0.5, 0.6) is 11.5 Å². The molecule has 2 amide bonds. The van der Waals surface area contributed by atoms with Gasteiger partial charge in [-0.3, -0.25) is 9.59 Å². The summed E-state index contributed by atoms with van der Waals surface area (Å²) < 4.78 is 46.8. The number of hydrogen-bond donors (Lipinski definition) is 2. The number of ether oxygens (including phenoxy) is 1. The summed E-state index contributed by atoms with van der Waals surface area (Å²) in [5.41, 5.74) is -0.906. The third-order valence-corrected chi connectivity index (χ3v) is 6.28. The van der Waals surface area contributed by atoms with E-state index in [-0.39, 0.29) is 52.9 Å². The number of amides is 2. The summed E-state index contributed by atoms with van der Waals surface area (Å²) in [6.07, 6.45) is -0.338. The van der Waals surface area contributed by atoms with Crippen LogP contribution in [-0.4, -0.2) is 28.9 Å². The van der Waals surface area contributed by atoms with Crippen molar-refractivity contribution in [2.75, 3.05) is 4.90 Å². The molecule has 1 fully saturated rings. The number of nitrogens with zero attached hydrogens (tertiary/aromatic N) is 1. The third-order valence-electron chi connectivity index (χ3n) is 6.28. The molecule has 1 aliphatic carbocycles. The molecule has 200 valence electrons. The molecule has 0 saturated heterocycles. The highest BCUT2D eigenvalue weighted by Gasteiger charge is 2.35. The molecule has 1 saturated carbocycles. The average Bonchev–Trinajstić information content (AvgIpc) is 2.83. The number of carboxylic acids is 1. The lowest BCUT2D eigenvalue weighted by Crippen LogP contribution is -2.42. The number of rotatable bonds is 8. The molecule has 37 heavy (non-hydrogen) atoms. The second-order valence-corrected chi connectivity index (χ2v) is 9.46. The van der Waals surface area contributed by atoms with E-state index in [1.54, 1.807) is 13.8 Å². The Bertz CT molecular complexity index is 1160. The molecule has 0 radical (unpaired) electrons. The lowest BCUT2D eigenvalue weighted by Gasteiger charge is -2.33. The first kappa shape index (κ1) is 28.0. The minimum atomic E-state index is -4.75. The van der Waals surface area contributed by atoms with Crippen molar-refractivity contribution in [3.05, 3.63) is 53.1 Å². The van der Waals surface area contributed by atoms with Gasteiger partial charge in [-0.15, -0.1) is 0 Å². The fourth-order valence-corrected chi connectivity index (χ4v) is 4.51. The van der Waals surface area contributed by atoms with E-state index in [0.717, 1.165) is 50.3 Å². The fourth-order valence-electron chi connectivity index (χ4n) is 4.51. The molecule has 2 aromatic carbocycles. The number of carboxylic acid groups (broad SMARTS) is 1. The summed E-state index contributed by atoms with van der Waals surface area (Å²) in [6.45, 7) is 4.75. The van der Waals surface area contributed by atoms with Crippen LogP contribution < -0.4 is 15.0 Å². The number of aromatic carboxylic acids is 1. The Kier molecular flexibility index (Phi) is 8.83. The van der Waals surface area contributed by atoms with Crippen molar-refractivity contribution in [3.63, 3.8) is 0 Å². The van der Waals surface area contributed by atoms with E-state index in [2.05, 4.69) is 5.32 Å². The molecule has 0 spiro atoms. The molecule has 0 heterocycles. The highest BCUT2D eigenvalue weighted by Crippen LogP contribution is 2.40. The fraction of sp³-hybridized carbons (Fsp3) is 0.444. The number of carbonyl (C=O) groups excluding carboxylic acids is 2. The topological polar surface area (TPSA) is 95.9 Å². The van der Waals surface area contributed by atoms with E-state index in [1.807, 2.05) is 0 Å². The highest BCUT2D eigenvalue weighted by molar-refractivity contribution is 6.03. The van der Waals surface area contributed by atoms with Crippen LogP contribution in [0.1, 0.15) is 74.4 Å². The van der Waals surface area contributed by atoms with Gasteiger partial charge in [0.2, 0.25) is 11.8 Å². The second kappa shape index (κ2) is 11.7. The predicted molar refractivity (Wildman–Crippen MR) is 132 cm³/mol. The normalized spacial score (nSPS) is 14.4. The molecule has 0 aliphatic heterocycles. The molecule has 7 nitrogen and oxygen atoms in total. The van der Waals surface area contributed by atoms with E-state index in [1.165, 1.54) is 30.0 Å². The number of carbonyl (C=O) groups is 3. The van der Waals surface area contributed by atoms with Crippen LogP contribution in [0.15, 0.2) is 36.4 Å². The van der Waals surface area contributed by atoms with Gasteiger partial charge in [0.25, 0.3) is 0 Å². The van der Waals surface area contributed by atoms with Gasteiger partial charge in [-0.05, 0) is 62.6 Å². The van der Waals surface area contributed by atoms with Crippen LogP contribution in [0.3, 0.4) is 0 Å². The maximum Gasteiger partial charge on any atom is 0.419 e. The minimum Gasteiger partial charge on any atom is -0.478 e. The Labute approximate surface area is 213 Å². The molecular weight excluding hydrogens is 489 g/mol. The van der Waals surface area contributed by atoms with Gasteiger partial charge < -0.3 is 20.1 Å². The maximum absolute atomic E-state index is 13.8. The number of benzene rings is 2. The van der Waals surface area contributed by atoms with E-state index >= 15 is 0 Å². The molecule has 2 N–H and O–H groups in total. The zero-order valence-electron chi connectivity index (χ0n) is 21.0. The molecule has 0 atom stereocenters. The third kappa shape index (κ3) is 7.02. The second-order valence-electron chi connectivity index (χ2n) is 9.46. The summed E-state index contributed by atoms with van der Waals surface area (Å²) in [4.78, 5) is 38.0. The largest absolute Gasteiger partial charge is 0.478 e. The summed E-state index contributed by atoms with van der Waals surface area (Å²) in [5, 5.41) is 12.3. The smallest absolute Gasteiger partial charge is 0.419 e. The lowest BCUT2D eigenvalue weighted by atomic mass is 9.87. The molecule has 0 unspecified atom stereocenters. The summed E-state index contributed by atoms with van der Waals surface area (Å²) in [7, 11) is 0. The molecule has 2 aromatic rings. The van der Waals surface area contributed by atoms with Crippen LogP contribution in [0, 0.1) is 5.92 Å². The Balaban J connectivity index is 1.96. The van der Waals surface area contributed by atoms with E-state index < -0.39 is 23.5 Å². The van der Waals surface area contributed by atoms with Crippen molar-refractivity contribution in [2.45, 2.75) is 71.6 Å². The molecule has 10 heteroatoms. The van der Waals surface area contributed by atoms with Gasteiger partial charge in [0.05, 0.1) is 16.8 Å². The minimum absolute atomic E-state index is 0.0867. The van der Waals surface area contributed by atoms with Crippen molar-refractivity contribution in [3.8, 4) is 11.5 Å². The Hall–Kier alpha value is -3.56. The molecule has 0 aromatic heterocycles. The molecule has 3 rings (SSSR count). The Morgan fingerprint density at radius 2 is 1.76 bits per heavy atom. The zero-order chi connectivity index (χ0) is 27.3. The van der Waals surface area contributed by atoms with E-state index in [4.69, 9.17) is 4.74 Å². The van der Waals surface area contributed by atoms with Gasteiger partial charge in [-0.2, -0.15) is 13.2 Å². The molecule has 1 aliphatic rings. The zero-order valence-corrected chi connectivity index (χ0v) is 21.0. The predicted octanol–water partition coefficient (Wildman–Crippen LogP) is 6.15. The van der Waals surface area contributed by atoms with Crippen LogP contribution >= 0.6 is 0 Å². The van der Waals surface area contributed by atoms with Crippen molar-refractivity contribution >= 4 is 23.5 Å². The van der Waals surface area contributed by atoms with Gasteiger partial charge in [-0.25, -0.2) is 4.79 Å². The van der Waals surface area contributed by atoms with Gasteiger partial charge in [0.15, 0.2) is 0 Å². The van der Waals surface area contributed by atoms with Crippen LogP contribution in [0.25, 0.3) is 0 Å². The molecule has 0 bridgehead atoms. The van der Waals surface area contributed by atoms with Crippen molar-refractivity contribution in [1.82, 2.24) is 5.32 Å². The summed E-state index contributed by atoms with van der Waals surface area (Å²) >= 11 is 0. The standard InChI is InChI=1S/C27H31F3N2O5/c1-16(2)32(25(34)19-7-5-4-6-8-19)23-11-10-20(14-21(23)26(35)36)37-24-12-9-18(15-31-17(3)33)13-22(24)27(28,29)30/h9-14,16,19H,4-8,15H2,1-3H3,(H,31,33)(H,35,36). The number of halogens is 3. The van der Waals surface area contributed by atoms with Crippen LogP contribution in [0.2, 0.25) is 0 Å². The number of hydrogen-bond acceptors (Lipinski definition) is 4. The average molecular weight is 521 g/mol. The first-order valence-corrected chi connectivity index (χ1v) is 12.2. The number of anilines is 1. The van der Waals surface area contributed by atoms with Gasteiger partial charge in [0, 0.05) is 25.4 Å². The summed E-state index contributed by atoms with van der Waals surface area (Å²) in [5.74, 6) is -2.69. The highest BCUT2D eigenvalue weighted by atomic mass is 19.4. The SMILES string of the molecule is CC(=O)NCc1ccc(Oc2ccc(N(C(=O)C3CCCCC3)C(C)C)c(C(=O)O)c2)c(C(F)(F)F)c1. The van der Waals surface area contributed by atoms with E-state index in [9.17, 15) is 32.7 Å². The lowest BCUT2D eigenvalue weighted by molar-refractivity contribution is -0.138. The Morgan fingerprint density at radius 3 is 2.32 bits per heavy atom. The van der Waals surface area contributed by atoms with Crippen molar-refractivity contribution in [1.29, 1.82) is 0 Å². The van der Waals surface area contributed by atoms with E-state index in [0.29, 0.717) is 0 Å². The van der Waals surface area contributed by atoms with Crippen LogP contribution in [-0.2, 0) is 22.3 Å². The maximum atomic E-state index is 13.8. The van der Waals surface area contributed by atoms with Gasteiger partial charge in [0.1, 0.15) is 11.5 Å². The number of alkyl halides is 3. The van der Waals surface area contributed by atoms with Crippen molar-refractivity contribution in [2.24, 2.45) is 5.92 Å². The molecular formula is C27H31F3N2O5. The van der Waals surface area contributed by atoms with Crippen molar-refractivity contribution < 1.29 is 37.4 Å². The first-order valence-electron chi connectivity index (χ1n) is 12.2. The first-order chi connectivity index (χ1) is 17.4. The number of nitrogens with one attached hydrogen (secondary N) is 1. The van der Waals surface area contributed by atoms with Crippen LogP contribution in [0.4, 0.5) is 18.9 Å². The van der Waals surface area contributed by atoms with Gasteiger partial charge >= 0.3 is 12.1 Å².